The Morgan fingerprint density at radius 2 is 1.92 bits per heavy atom. The van der Waals surface area contributed by atoms with Gasteiger partial charge in [-0.25, -0.2) is 0 Å². The average molecular weight is 170 g/mol. The Balaban J connectivity index is 2.13. The highest BCUT2D eigenvalue weighted by molar-refractivity contribution is 4.89. The van der Waals surface area contributed by atoms with E-state index in [1.54, 1.807) is 0 Å². The molecule has 0 bridgehead atoms. The number of fused-ring (bicyclic) bond motifs is 1. The van der Waals surface area contributed by atoms with E-state index in [2.05, 4.69) is 13.8 Å². The molecule has 0 aromatic rings. The number of rotatable bonds is 0. The van der Waals surface area contributed by atoms with Crippen molar-refractivity contribution < 1.29 is 9.84 Å². The summed E-state index contributed by atoms with van der Waals surface area (Å²) in [6, 6.07) is 0. The van der Waals surface area contributed by atoms with Crippen LogP contribution in [0.3, 0.4) is 0 Å². The van der Waals surface area contributed by atoms with E-state index < -0.39 is 6.29 Å². The molecule has 0 spiro atoms. The van der Waals surface area contributed by atoms with Gasteiger partial charge in [0.05, 0.1) is 6.61 Å². The molecular weight excluding hydrogens is 152 g/mol. The molecule has 0 amide bonds. The van der Waals surface area contributed by atoms with Crippen LogP contribution in [0.1, 0.15) is 26.7 Å². The Morgan fingerprint density at radius 3 is 2.58 bits per heavy atom. The van der Waals surface area contributed by atoms with E-state index in [1.807, 2.05) is 0 Å². The minimum absolute atomic E-state index is 0.411. The maximum Gasteiger partial charge on any atom is 0.157 e. The lowest BCUT2D eigenvalue weighted by Gasteiger charge is -2.37. The molecule has 1 aliphatic carbocycles. The van der Waals surface area contributed by atoms with E-state index in [9.17, 15) is 5.11 Å². The van der Waals surface area contributed by atoms with Crippen molar-refractivity contribution in [1.29, 1.82) is 0 Å². The molecule has 1 aliphatic heterocycles. The predicted molar refractivity (Wildman–Crippen MR) is 46.5 cm³/mol. The van der Waals surface area contributed by atoms with Crippen molar-refractivity contribution in [3.63, 3.8) is 0 Å². The van der Waals surface area contributed by atoms with Crippen molar-refractivity contribution in [2.75, 3.05) is 6.61 Å². The van der Waals surface area contributed by atoms with E-state index >= 15 is 0 Å². The molecule has 5 atom stereocenters. The van der Waals surface area contributed by atoms with Gasteiger partial charge in [-0.2, -0.15) is 0 Å². The van der Waals surface area contributed by atoms with Gasteiger partial charge in [0.25, 0.3) is 0 Å². The highest BCUT2D eigenvalue weighted by Gasteiger charge is 2.44. The second kappa shape index (κ2) is 3.00. The average Bonchev–Trinajstić information content (AvgIpc) is 2.42. The molecule has 1 heterocycles. The quantitative estimate of drug-likeness (QED) is 0.598. The Morgan fingerprint density at radius 1 is 1.17 bits per heavy atom. The van der Waals surface area contributed by atoms with E-state index in [4.69, 9.17) is 4.74 Å². The lowest BCUT2D eigenvalue weighted by Crippen LogP contribution is -2.40. The van der Waals surface area contributed by atoms with Gasteiger partial charge in [0.1, 0.15) is 0 Å². The van der Waals surface area contributed by atoms with Gasteiger partial charge in [-0.3, -0.25) is 0 Å². The van der Waals surface area contributed by atoms with E-state index in [1.165, 1.54) is 12.8 Å². The summed E-state index contributed by atoms with van der Waals surface area (Å²) >= 11 is 0. The zero-order valence-corrected chi connectivity index (χ0v) is 7.86. The van der Waals surface area contributed by atoms with Gasteiger partial charge < -0.3 is 9.84 Å². The molecule has 1 saturated carbocycles. The maximum absolute atomic E-state index is 9.65. The number of aliphatic hydroxyl groups excluding tert-OH is 1. The van der Waals surface area contributed by atoms with Gasteiger partial charge in [0.2, 0.25) is 0 Å². The lowest BCUT2D eigenvalue weighted by molar-refractivity contribution is -0.195. The van der Waals surface area contributed by atoms with Crippen LogP contribution in [0.4, 0.5) is 0 Å². The third kappa shape index (κ3) is 1.17. The molecule has 2 rings (SSSR count). The van der Waals surface area contributed by atoms with Gasteiger partial charge in [0, 0.05) is 5.92 Å². The van der Waals surface area contributed by atoms with Crippen molar-refractivity contribution >= 4 is 0 Å². The van der Waals surface area contributed by atoms with Crippen LogP contribution in [0.25, 0.3) is 0 Å². The summed E-state index contributed by atoms with van der Waals surface area (Å²) in [5.74, 6) is 2.41. The highest BCUT2D eigenvalue weighted by atomic mass is 16.6. The van der Waals surface area contributed by atoms with Crippen LogP contribution in [0, 0.1) is 23.7 Å². The highest BCUT2D eigenvalue weighted by Crippen LogP contribution is 2.45. The fraction of sp³-hybridized carbons (Fsp3) is 1.00. The van der Waals surface area contributed by atoms with Crippen LogP contribution in [0.5, 0.6) is 0 Å². The largest absolute Gasteiger partial charge is 0.368 e. The van der Waals surface area contributed by atoms with Crippen LogP contribution in [0.15, 0.2) is 0 Å². The van der Waals surface area contributed by atoms with Crippen LogP contribution in [-0.2, 0) is 4.74 Å². The zero-order valence-electron chi connectivity index (χ0n) is 7.86. The number of ether oxygens (including phenoxy) is 1. The Bertz CT molecular complexity index is 169. The molecule has 0 radical (unpaired) electrons. The first-order valence-electron chi connectivity index (χ1n) is 5.00. The summed E-state index contributed by atoms with van der Waals surface area (Å²) in [7, 11) is 0. The smallest absolute Gasteiger partial charge is 0.157 e. The number of aliphatic hydroxyl groups is 1. The Hall–Kier alpha value is -0.0800. The first-order chi connectivity index (χ1) is 5.70. The SMILES string of the molecule is C[C@@H]1CO[C@@H](O)[C@H]2[C@@H]1CC[C@@H]2C. The Kier molecular flexibility index (Phi) is 2.13. The van der Waals surface area contributed by atoms with Crippen LogP contribution in [-0.4, -0.2) is 18.0 Å². The molecule has 0 unspecified atom stereocenters. The van der Waals surface area contributed by atoms with Crippen molar-refractivity contribution in [2.24, 2.45) is 23.7 Å². The molecular formula is C10H18O2. The zero-order chi connectivity index (χ0) is 8.72. The summed E-state index contributed by atoms with van der Waals surface area (Å²) in [5.41, 5.74) is 0. The molecule has 12 heavy (non-hydrogen) atoms. The topological polar surface area (TPSA) is 29.5 Å². The van der Waals surface area contributed by atoms with Crippen molar-refractivity contribution in [2.45, 2.75) is 33.0 Å². The molecule has 0 aromatic heterocycles. The van der Waals surface area contributed by atoms with Gasteiger partial charge >= 0.3 is 0 Å². The van der Waals surface area contributed by atoms with E-state index in [-0.39, 0.29) is 0 Å². The minimum Gasteiger partial charge on any atom is -0.368 e. The van der Waals surface area contributed by atoms with Crippen molar-refractivity contribution in [1.82, 2.24) is 0 Å². The van der Waals surface area contributed by atoms with Crippen molar-refractivity contribution in [3.05, 3.63) is 0 Å². The molecule has 1 saturated heterocycles. The van der Waals surface area contributed by atoms with Crippen molar-refractivity contribution in [3.8, 4) is 0 Å². The minimum atomic E-state index is -0.483. The summed E-state index contributed by atoms with van der Waals surface area (Å²) in [5, 5.41) is 9.65. The first kappa shape index (κ1) is 8.52. The van der Waals surface area contributed by atoms with Crippen LogP contribution < -0.4 is 0 Å². The molecule has 0 aromatic carbocycles. The summed E-state index contributed by atoms with van der Waals surface area (Å²) in [4.78, 5) is 0. The summed E-state index contributed by atoms with van der Waals surface area (Å²) in [6.45, 7) is 5.21. The first-order valence-corrected chi connectivity index (χ1v) is 5.00. The second-order valence-corrected chi connectivity index (χ2v) is 4.50. The summed E-state index contributed by atoms with van der Waals surface area (Å²) in [6.07, 6.45) is 2.07. The lowest BCUT2D eigenvalue weighted by atomic mass is 9.80. The molecule has 2 heteroatoms. The van der Waals surface area contributed by atoms with Gasteiger partial charge in [-0.05, 0) is 30.6 Å². The molecule has 2 aliphatic rings. The maximum atomic E-state index is 9.65. The number of hydrogen-bond acceptors (Lipinski definition) is 2. The predicted octanol–water partition coefficient (Wildman–Crippen LogP) is 1.63. The van der Waals surface area contributed by atoms with Gasteiger partial charge in [-0.15, -0.1) is 0 Å². The molecule has 1 N–H and O–H groups in total. The normalized spacial score (nSPS) is 53.8. The van der Waals surface area contributed by atoms with Crippen LogP contribution in [0.2, 0.25) is 0 Å². The third-order valence-corrected chi connectivity index (χ3v) is 3.70. The van der Waals surface area contributed by atoms with Crippen LogP contribution >= 0.6 is 0 Å². The number of hydrogen-bond donors (Lipinski definition) is 1. The standard InChI is InChI=1S/C10H18O2/c1-6-3-4-8-7(2)5-12-10(11)9(6)8/h6-11H,3-5H2,1-2H3/t6-,7+,8+,9+,10+/m0/s1. The fourth-order valence-corrected chi connectivity index (χ4v) is 2.90. The van der Waals surface area contributed by atoms with Gasteiger partial charge in [0.15, 0.2) is 6.29 Å². The monoisotopic (exact) mass is 170 g/mol. The fourth-order valence-electron chi connectivity index (χ4n) is 2.90. The van der Waals surface area contributed by atoms with E-state index in [0.717, 1.165) is 6.61 Å². The molecule has 70 valence electrons. The van der Waals surface area contributed by atoms with E-state index in [0.29, 0.717) is 23.7 Å². The molecule has 2 fully saturated rings. The summed E-state index contributed by atoms with van der Waals surface area (Å²) < 4.78 is 5.33. The van der Waals surface area contributed by atoms with Gasteiger partial charge in [-0.1, -0.05) is 13.8 Å². The third-order valence-electron chi connectivity index (χ3n) is 3.70. The second-order valence-electron chi connectivity index (χ2n) is 4.50. The Labute approximate surface area is 73.9 Å². The molecule has 2 nitrogen and oxygen atoms in total.